The molecule has 0 aromatic heterocycles. The van der Waals surface area contributed by atoms with Gasteiger partial charge in [0.05, 0.1) is 11.6 Å². The van der Waals surface area contributed by atoms with E-state index >= 15 is 0 Å². The van der Waals surface area contributed by atoms with Gasteiger partial charge < -0.3 is 15.2 Å². The van der Waals surface area contributed by atoms with E-state index in [0.29, 0.717) is 16.9 Å². The summed E-state index contributed by atoms with van der Waals surface area (Å²) in [6, 6.07) is 10.5. The molecule has 0 aliphatic rings. The number of hydrogen-bond acceptors (Lipinski definition) is 3. The van der Waals surface area contributed by atoms with Crippen molar-refractivity contribution in [2.45, 2.75) is 13.2 Å². The minimum Gasteiger partial charge on any atom is -0.497 e. The maximum Gasteiger partial charge on any atom is 0.134 e. The minimum atomic E-state index is -0.306. The fourth-order valence-corrected chi connectivity index (χ4v) is 2.26. The maximum atomic E-state index is 14.0. The Morgan fingerprint density at radius 1 is 1.20 bits per heavy atom. The third-order valence-electron chi connectivity index (χ3n) is 2.90. The number of hydrogen-bond donors (Lipinski definition) is 1. The van der Waals surface area contributed by atoms with E-state index in [0.717, 1.165) is 10.2 Å². The van der Waals surface area contributed by atoms with E-state index in [-0.39, 0.29) is 19.0 Å². The van der Waals surface area contributed by atoms with Crippen LogP contribution < -0.4 is 15.2 Å². The lowest BCUT2D eigenvalue weighted by Crippen LogP contribution is -2.05. The van der Waals surface area contributed by atoms with Crippen LogP contribution in [-0.4, -0.2) is 7.11 Å². The van der Waals surface area contributed by atoms with Gasteiger partial charge in [-0.25, -0.2) is 4.39 Å². The fraction of sp³-hybridized carbons (Fsp3) is 0.200. The zero-order valence-corrected chi connectivity index (χ0v) is 12.6. The minimum absolute atomic E-state index is 0.143. The lowest BCUT2D eigenvalue weighted by atomic mass is 10.1. The van der Waals surface area contributed by atoms with Crippen molar-refractivity contribution in [2.75, 3.05) is 7.11 Å². The van der Waals surface area contributed by atoms with Gasteiger partial charge in [-0.2, -0.15) is 0 Å². The molecule has 0 bridgehead atoms. The molecule has 2 rings (SSSR count). The third kappa shape index (κ3) is 3.29. The van der Waals surface area contributed by atoms with Crippen LogP contribution in [0.15, 0.2) is 40.9 Å². The van der Waals surface area contributed by atoms with Crippen molar-refractivity contribution in [3.8, 4) is 11.5 Å². The number of rotatable bonds is 5. The average Bonchev–Trinajstić information content (AvgIpc) is 2.47. The lowest BCUT2D eigenvalue weighted by Gasteiger charge is -2.11. The second-order valence-corrected chi connectivity index (χ2v) is 5.03. The highest BCUT2D eigenvalue weighted by molar-refractivity contribution is 9.10. The van der Waals surface area contributed by atoms with E-state index in [2.05, 4.69) is 15.9 Å². The van der Waals surface area contributed by atoms with Gasteiger partial charge in [-0.3, -0.25) is 0 Å². The quantitative estimate of drug-likeness (QED) is 0.904. The Morgan fingerprint density at radius 3 is 2.60 bits per heavy atom. The molecule has 0 spiro atoms. The number of ether oxygens (including phenoxy) is 2. The molecule has 0 radical (unpaired) electrons. The van der Waals surface area contributed by atoms with Gasteiger partial charge in [0.15, 0.2) is 0 Å². The highest BCUT2D eigenvalue weighted by atomic mass is 79.9. The Balaban J connectivity index is 2.13. The van der Waals surface area contributed by atoms with Crippen LogP contribution >= 0.6 is 15.9 Å². The van der Waals surface area contributed by atoms with E-state index in [1.807, 2.05) is 0 Å². The number of methoxy groups -OCH3 is 1. The molecule has 2 N–H and O–H groups in total. The van der Waals surface area contributed by atoms with Crippen LogP contribution in [0.4, 0.5) is 4.39 Å². The third-order valence-corrected chi connectivity index (χ3v) is 3.52. The molecule has 0 aliphatic heterocycles. The van der Waals surface area contributed by atoms with Gasteiger partial charge in [-0.15, -0.1) is 0 Å². The van der Waals surface area contributed by atoms with Crippen molar-refractivity contribution in [1.82, 2.24) is 0 Å². The number of halogens is 2. The molecule has 0 aliphatic carbocycles. The molecule has 20 heavy (non-hydrogen) atoms. The molecule has 2 aromatic rings. The molecule has 2 aromatic carbocycles. The van der Waals surface area contributed by atoms with Crippen molar-refractivity contribution >= 4 is 15.9 Å². The van der Waals surface area contributed by atoms with Crippen LogP contribution in [0.25, 0.3) is 0 Å². The van der Waals surface area contributed by atoms with Crippen LogP contribution in [0.5, 0.6) is 11.5 Å². The van der Waals surface area contributed by atoms with Gasteiger partial charge in [0.25, 0.3) is 0 Å². The molecule has 5 heteroatoms. The molecule has 0 heterocycles. The first-order valence-electron chi connectivity index (χ1n) is 6.08. The van der Waals surface area contributed by atoms with Gasteiger partial charge in [0, 0.05) is 17.7 Å². The summed E-state index contributed by atoms with van der Waals surface area (Å²) in [5.74, 6) is 1.04. The second-order valence-electron chi connectivity index (χ2n) is 4.18. The van der Waals surface area contributed by atoms with Crippen molar-refractivity contribution in [1.29, 1.82) is 0 Å². The Labute approximate surface area is 125 Å². The van der Waals surface area contributed by atoms with Gasteiger partial charge in [0.1, 0.15) is 23.9 Å². The summed E-state index contributed by atoms with van der Waals surface area (Å²) >= 11 is 3.39. The summed E-state index contributed by atoms with van der Waals surface area (Å²) in [5, 5.41) is 0. The summed E-state index contributed by atoms with van der Waals surface area (Å²) in [4.78, 5) is 0. The van der Waals surface area contributed by atoms with Crippen molar-refractivity contribution in [2.24, 2.45) is 5.73 Å². The van der Waals surface area contributed by atoms with Gasteiger partial charge in [0.2, 0.25) is 0 Å². The van der Waals surface area contributed by atoms with Crippen LogP contribution in [0.1, 0.15) is 11.1 Å². The first-order valence-corrected chi connectivity index (χ1v) is 6.87. The summed E-state index contributed by atoms with van der Waals surface area (Å²) in [7, 11) is 1.59. The Bertz CT molecular complexity index is 604. The summed E-state index contributed by atoms with van der Waals surface area (Å²) < 4.78 is 25.5. The first-order chi connectivity index (χ1) is 9.65. The summed E-state index contributed by atoms with van der Waals surface area (Å²) in [6.45, 7) is 0.316. The van der Waals surface area contributed by atoms with E-state index in [9.17, 15) is 4.39 Å². The fourth-order valence-electron chi connectivity index (χ4n) is 1.78. The summed E-state index contributed by atoms with van der Waals surface area (Å²) in [6.07, 6.45) is 0. The lowest BCUT2D eigenvalue weighted by molar-refractivity contribution is 0.296. The van der Waals surface area contributed by atoms with Crippen molar-refractivity contribution in [3.05, 3.63) is 57.8 Å². The van der Waals surface area contributed by atoms with Crippen LogP contribution in [0.3, 0.4) is 0 Å². The Hall–Kier alpha value is -1.59. The molecule has 106 valence electrons. The maximum absolute atomic E-state index is 14.0. The smallest absolute Gasteiger partial charge is 0.134 e. The molecule has 0 unspecified atom stereocenters. The average molecular weight is 340 g/mol. The van der Waals surface area contributed by atoms with Gasteiger partial charge in [-0.1, -0.05) is 18.2 Å². The SMILES string of the molecule is COc1ccc(OCc2cccc(CN)c2F)c(Br)c1. The molecule has 3 nitrogen and oxygen atoms in total. The number of benzene rings is 2. The van der Waals surface area contributed by atoms with Crippen LogP contribution in [-0.2, 0) is 13.2 Å². The molecule has 0 saturated carbocycles. The highest BCUT2D eigenvalue weighted by Gasteiger charge is 2.09. The van der Waals surface area contributed by atoms with E-state index < -0.39 is 0 Å². The zero-order chi connectivity index (χ0) is 14.5. The highest BCUT2D eigenvalue weighted by Crippen LogP contribution is 2.30. The molecule has 0 amide bonds. The molecule has 0 fully saturated rings. The van der Waals surface area contributed by atoms with Crippen LogP contribution in [0, 0.1) is 5.82 Å². The Kier molecular flexibility index (Phi) is 4.98. The van der Waals surface area contributed by atoms with Crippen molar-refractivity contribution < 1.29 is 13.9 Å². The largest absolute Gasteiger partial charge is 0.497 e. The summed E-state index contributed by atoms with van der Waals surface area (Å²) in [5.41, 5.74) is 6.45. The van der Waals surface area contributed by atoms with E-state index in [4.69, 9.17) is 15.2 Å². The molecule has 0 atom stereocenters. The monoisotopic (exact) mass is 339 g/mol. The van der Waals surface area contributed by atoms with E-state index in [1.54, 1.807) is 43.5 Å². The molecular weight excluding hydrogens is 325 g/mol. The topological polar surface area (TPSA) is 44.5 Å². The second kappa shape index (κ2) is 6.72. The standard InChI is InChI=1S/C15H15BrFNO2/c1-19-12-5-6-14(13(16)7-12)20-9-11-4-2-3-10(8-18)15(11)17/h2-7H,8-9,18H2,1H3. The van der Waals surface area contributed by atoms with Crippen molar-refractivity contribution in [3.63, 3.8) is 0 Å². The Morgan fingerprint density at radius 2 is 1.95 bits per heavy atom. The molecular formula is C15H15BrFNO2. The first kappa shape index (κ1) is 14.8. The predicted molar refractivity (Wildman–Crippen MR) is 79.3 cm³/mol. The normalized spacial score (nSPS) is 10.4. The van der Waals surface area contributed by atoms with Gasteiger partial charge >= 0.3 is 0 Å². The number of nitrogens with two attached hydrogens (primary N) is 1. The van der Waals surface area contributed by atoms with Gasteiger partial charge in [-0.05, 0) is 34.1 Å². The molecule has 0 saturated heterocycles. The van der Waals surface area contributed by atoms with Crippen LogP contribution in [0.2, 0.25) is 0 Å². The predicted octanol–water partition coefficient (Wildman–Crippen LogP) is 3.63. The zero-order valence-electron chi connectivity index (χ0n) is 11.0. The van der Waals surface area contributed by atoms with E-state index in [1.165, 1.54) is 0 Å².